The van der Waals surface area contributed by atoms with E-state index >= 15 is 0 Å². The summed E-state index contributed by atoms with van der Waals surface area (Å²) in [5.74, 6) is 13.9. The largest absolute Gasteiger partial charge is 0.369 e. The third-order valence-electron chi connectivity index (χ3n) is 35.5. The van der Waals surface area contributed by atoms with Gasteiger partial charge in [-0.15, -0.1) is 0 Å². The molecule has 12 aliphatic carbocycles. The number of allylic oxidation sites excluding steroid dienone is 5. The van der Waals surface area contributed by atoms with E-state index in [4.69, 9.17) is 14.2 Å². The van der Waals surface area contributed by atoms with Gasteiger partial charge in [0.1, 0.15) is 11.6 Å². The first kappa shape index (κ1) is 71.0. The van der Waals surface area contributed by atoms with Crippen molar-refractivity contribution in [1.29, 1.82) is 0 Å². The van der Waals surface area contributed by atoms with Gasteiger partial charge in [0, 0.05) is 93.2 Å². The number of hydrogen-bond acceptors (Lipinski definition) is 9. The molecule has 1 N–H and O–H groups in total. The van der Waals surface area contributed by atoms with E-state index in [0.29, 0.717) is 106 Å². The first-order valence-corrected chi connectivity index (χ1v) is 42.7. The minimum absolute atomic E-state index is 0.0435. The molecule has 99 heavy (non-hydrogen) atoms. The van der Waals surface area contributed by atoms with Gasteiger partial charge in [0.2, 0.25) is 0 Å². The lowest BCUT2D eigenvalue weighted by atomic mass is 9.52. The van der Waals surface area contributed by atoms with E-state index in [2.05, 4.69) is 126 Å². The van der Waals surface area contributed by atoms with E-state index in [0.717, 1.165) is 155 Å². The number of rotatable bonds is 2. The standard InChI is InChI=1S/2C31H49NO2.C28H41NO2/c2*1-18(2)32-17-19(3)13-28-29(32)21(5)31(34-28)12-10-24-25-8-7-22-14-23(33)9-11-30(22,6)27(25)15-26(24)20(4)16-31;1-16-11-25-26(29-15-16)18(3)28(31-25)10-8-21-22-6-5-19-12-20(30)7-9-27(19,4)24(22)13-23(21)17(2)14-28/h2*18-19,21-22,24-25,27-29H,7-17H2,1-6H3;12,16,18,21-22,24-26,29H,5-11,13-15H2,1-4H3/t2*19-,21+,22+,24-,25-,27-,28+,29-,30-,31-;16-,18+,21-,22-,24-,25+,26-,27-,28-/m000/s1. The number of piperidine rings is 3. The summed E-state index contributed by atoms with van der Waals surface area (Å²) in [5, 5.41) is 3.85. The quantitative estimate of drug-likeness (QED) is 0.271. The van der Waals surface area contributed by atoms with Gasteiger partial charge in [-0.2, -0.15) is 0 Å². The zero-order valence-electron chi connectivity index (χ0n) is 65.5. The highest BCUT2D eigenvalue weighted by Crippen LogP contribution is 2.69. The Labute approximate surface area is 601 Å². The normalized spacial score (nSPS) is 51.4. The fourth-order valence-corrected chi connectivity index (χ4v) is 30.1. The molecular weight excluding hydrogens is 1220 g/mol. The summed E-state index contributed by atoms with van der Waals surface area (Å²) in [6, 6.07) is 2.92. The summed E-state index contributed by atoms with van der Waals surface area (Å²) in [6.45, 7) is 42.9. The molecule has 550 valence electrons. The molecule has 29 atom stereocenters. The second-order valence-electron chi connectivity index (χ2n) is 41.0. The second kappa shape index (κ2) is 26.0. The Balaban J connectivity index is 0.000000116. The van der Waals surface area contributed by atoms with Crippen molar-refractivity contribution in [1.82, 2.24) is 15.1 Å². The van der Waals surface area contributed by atoms with Crippen LogP contribution >= 0.6 is 0 Å². The zero-order valence-corrected chi connectivity index (χ0v) is 65.5. The van der Waals surface area contributed by atoms with E-state index in [1.165, 1.54) is 128 Å². The van der Waals surface area contributed by atoms with Crippen molar-refractivity contribution in [2.75, 3.05) is 19.6 Å². The molecule has 6 heterocycles. The third kappa shape index (κ3) is 11.6. The van der Waals surface area contributed by atoms with Crippen molar-refractivity contribution in [3.63, 3.8) is 0 Å². The average molecular weight is 1360 g/mol. The van der Waals surface area contributed by atoms with Crippen molar-refractivity contribution in [2.24, 2.45) is 117 Å². The Morgan fingerprint density at radius 1 is 0.465 bits per heavy atom. The van der Waals surface area contributed by atoms with Gasteiger partial charge < -0.3 is 19.5 Å². The molecular formula is C90H139N3O6. The molecule has 6 saturated heterocycles. The van der Waals surface area contributed by atoms with Gasteiger partial charge in [-0.25, -0.2) is 0 Å². The number of likely N-dealkylation sites (tertiary alicyclic amines) is 2. The predicted octanol–water partition coefficient (Wildman–Crippen LogP) is 19.2. The van der Waals surface area contributed by atoms with Crippen LogP contribution in [0.4, 0.5) is 0 Å². The molecule has 3 spiro atoms. The molecule has 9 heteroatoms. The van der Waals surface area contributed by atoms with E-state index in [1.54, 1.807) is 22.3 Å². The molecule has 0 aromatic carbocycles. The van der Waals surface area contributed by atoms with Crippen molar-refractivity contribution in [2.45, 2.75) is 362 Å². The molecule has 0 aromatic rings. The number of ketones is 3. The Bertz CT molecular complexity index is 3140. The monoisotopic (exact) mass is 1360 g/mol. The van der Waals surface area contributed by atoms with Crippen LogP contribution in [0.25, 0.3) is 0 Å². The van der Waals surface area contributed by atoms with Gasteiger partial charge >= 0.3 is 0 Å². The molecule has 18 aliphatic rings. The lowest BCUT2D eigenvalue weighted by Crippen LogP contribution is -2.54. The van der Waals surface area contributed by atoms with Crippen LogP contribution in [0.5, 0.6) is 0 Å². The number of ether oxygens (including phenoxy) is 3. The molecule has 0 unspecified atom stereocenters. The molecule has 0 bridgehead atoms. The molecule has 14 fully saturated rings. The van der Waals surface area contributed by atoms with E-state index in [9.17, 15) is 14.4 Å². The summed E-state index contributed by atoms with van der Waals surface area (Å²) in [7, 11) is 0. The van der Waals surface area contributed by atoms with Crippen molar-refractivity contribution in [3.8, 4) is 0 Å². The smallest absolute Gasteiger partial charge is 0.155 e. The SMILES string of the molecule is CC1=C2C[C@H]3[C@@H](CCC4=CC(=O)CC[C@@]43C)[C@@H]2CC[C@@]2(C1)O[C@@H]1C[C@H](C)CN[C@H]1[C@H]2C.CC1=C2C[C@H]3[C@@H](CC[C@@H]4CC(=O)CC[C@@]43C)[C@@H]2CC[C@@]2(C1)O[C@@H]1C[C@H](C)CN(C(C)C)[C@H]1[C@H]2C.CC1=C2C[C@H]3[C@@H](CC[C@@H]4CC(=O)CC[C@@]43C)[C@@H]2CC[C@@]2(C1)O[C@@H]1C[C@H](C)CN(C(C)C)[C@H]1[C@H]2C. The van der Waals surface area contributed by atoms with Crippen molar-refractivity contribution < 1.29 is 28.6 Å². The molecule has 8 saturated carbocycles. The Kier molecular flexibility index (Phi) is 18.7. The fourth-order valence-electron chi connectivity index (χ4n) is 30.1. The number of hydrogen-bond donors (Lipinski definition) is 1. The van der Waals surface area contributed by atoms with Crippen LogP contribution < -0.4 is 5.32 Å². The summed E-state index contributed by atoms with van der Waals surface area (Å²) < 4.78 is 21.4. The molecule has 9 nitrogen and oxygen atoms in total. The number of carbonyl (C=O) groups excluding carboxylic acids is 3. The molecule has 18 rings (SSSR count). The van der Waals surface area contributed by atoms with Crippen LogP contribution in [0.1, 0.15) is 297 Å². The minimum Gasteiger partial charge on any atom is -0.369 e. The molecule has 0 amide bonds. The summed E-state index contributed by atoms with van der Waals surface area (Å²) in [5.41, 5.74) is 13.1. The topological polar surface area (TPSA) is 97.4 Å². The number of nitrogens with one attached hydrogen (secondary N) is 1. The Morgan fingerprint density at radius 3 is 1.35 bits per heavy atom. The van der Waals surface area contributed by atoms with Crippen LogP contribution in [0.15, 0.2) is 45.1 Å². The van der Waals surface area contributed by atoms with E-state index in [-0.39, 0.29) is 22.2 Å². The van der Waals surface area contributed by atoms with Gasteiger partial charge in [-0.1, -0.05) is 101 Å². The van der Waals surface area contributed by atoms with Gasteiger partial charge in [-0.05, 0) is 314 Å². The maximum absolute atomic E-state index is 12.2. The lowest BCUT2D eigenvalue weighted by molar-refractivity contribution is -0.130. The van der Waals surface area contributed by atoms with E-state index < -0.39 is 0 Å². The Morgan fingerprint density at radius 2 is 0.889 bits per heavy atom. The number of carbonyl (C=O) groups is 3. The highest BCUT2D eigenvalue weighted by molar-refractivity contribution is 5.91. The lowest BCUT2D eigenvalue weighted by Gasteiger charge is -2.52. The third-order valence-corrected chi connectivity index (χ3v) is 35.5. The molecule has 0 aromatic heterocycles. The zero-order chi connectivity index (χ0) is 69.5. The van der Waals surface area contributed by atoms with Gasteiger partial charge in [0.15, 0.2) is 5.78 Å². The Hall–Kier alpha value is -2.27. The van der Waals surface area contributed by atoms with E-state index in [1.807, 2.05) is 17.2 Å². The van der Waals surface area contributed by atoms with Crippen LogP contribution in [0, 0.1) is 117 Å². The van der Waals surface area contributed by atoms with Crippen molar-refractivity contribution >= 4 is 17.3 Å². The minimum atomic E-state index is 0.0435. The maximum Gasteiger partial charge on any atom is 0.155 e. The highest BCUT2D eigenvalue weighted by atomic mass is 16.5. The number of fused-ring (bicyclic) bond motifs is 18. The fraction of sp³-hybridized carbons (Fsp3) is 0.878. The van der Waals surface area contributed by atoms with Crippen LogP contribution in [-0.2, 0) is 28.6 Å². The van der Waals surface area contributed by atoms with Crippen molar-refractivity contribution in [3.05, 3.63) is 45.1 Å². The summed E-state index contributed by atoms with van der Waals surface area (Å²) in [4.78, 5) is 42.2. The summed E-state index contributed by atoms with van der Waals surface area (Å²) in [6.07, 6.45) is 37.3. The summed E-state index contributed by atoms with van der Waals surface area (Å²) >= 11 is 0. The van der Waals surface area contributed by atoms with Crippen LogP contribution in [0.2, 0.25) is 0 Å². The molecule has 0 radical (unpaired) electrons. The number of nitrogens with zero attached hydrogens (tertiary/aromatic N) is 2. The second-order valence-corrected chi connectivity index (χ2v) is 41.0. The van der Waals surface area contributed by atoms with Crippen LogP contribution in [0.3, 0.4) is 0 Å². The van der Waals surface area contributed by atoms with Gasteiger partial charge in [-0.3, -0.25) is 24.2 Å². The van der Waals surface area contributed by atoms with Gasteiger partial charge in [0.25, 0.3) is 0 Å². The average Bonchev–Trinajstić information content (AvgIpc) is 1.60. The predicted molar refractivity (Wildman–Crippen MR) is 399 cm³/mol. The maximum atomic E-state index is 12.2. The van der Waals surface area contributed by atoms with Gasteiger partial charge in [0.05, 0.1) is 35.1 Å². The highest BCUT2D eigenvalue weighted by Gasteiger charge is 2.65. The first-order chi connectivity index (χ1) is 47.1. The van der Waals surface area contributed by atoms with Crippen LogP contribution in [-0.4, -0.2) is 112 Å². The first-order valence-electron chi connectivity index (χ1n) is 42.7. The molecule has 6 aliphatic heterocycles. The number of Topliss-reactive ketones (excluding diaryl/α,β-unsaturated/α-hetero) is 2.